The first-order valence-electron chi connectivity index (χ1n) is 8.31. The highest BCUT2D eigenvalue weighted by molar-refractivity contribution is 7.98. The van der Waals surface area contributed by atoms with Gasteiger partial charge in [0.15, 0.2) is 0 Å². The van der Waals surface area contributed by atoms with Crippen LogP contribution in [0.1, 0.15) is 28.2 Å². The smallest absolute Gasteiger partial charge is 0.232 e. The average molecular weight is 377 g/mol. The lowest BCUT2D eigenvalue weighted by molar-refractivity contribution is 0.969. The molecule has 0 aliphatic rings. The first-order chi connectivity index (χ1) is 13.0. The summed E-state index contributed by atoms with van der Waals surface area (Å²) in [6.07, 6.45) is 0. The Bertz CT molecular complexity index is 1010. The third-order valence-electron chi connectivity index (χ3n) is 4.14. The van der Waals surface area contributed by atoms with Crippen LogP contribution in [0.2, 0.25) is 0 Å². The molecule has 0 fully saturated rings. The van der Waals surface area contributed by atoms with Gasteiger partial charge in [0.2, 0.25) is 11.9 Å². The van der Waals surface area contributed by atoms with Gasteiger partial charge in [0, 0.05) is 11.4 Å². The summed E-state index contributed by atoms with van der Waals surface area (Å²) in [6, 6.07) is 11.8. The number of nitrogen functional groups attached to an aromatic ring is 1. The van der Waals surface area contributed by atoms with Crippen molar-refractivity contribution in [2.45, 2.75) is 31.6 Å². The molecule has 0 atom stereocenters. The fourth-order valence-corrected chi connectivity index (χ4v) is 3.43. The molecule has 0 saturated carbocycles. The van der Waals surface area contributed by atoms with E-state index in [0.29, 0.717) is 28.1 Å². The summed E-state index contributed by atoms with van der Waals surface area (Å²) in [4.78, 5) is 17.3. The van der Waals surface area contributed by atoms with Crippen molar-refractivity contribution >= 4 is 29.3 Å². The van der Waals surface area contributed by atoms with Gasteiger partial charge >= 0.3 is 0 Å². The molecule has 2 aromatic heterocycles. The van der Waals surface area contributed by atoms with Crippen molar-refractivity contribution in [1.29, 1.82) is 5.26 Å². The molecule has 8 heteroatoms. The molecule has 7 nitrogen and oxygen atoms in total. The minimum absolute atomic E-state index is 0.142. The molecule has 1 aromatic carbocycles. The summed E-state index contributed by atoms with van der Waals surface area (Å²) in [5.74, 6) is 1.48. The number of para-hydroxylation sites is 1. The second kappa shape index (κ2) is 8.01. The summed E-state index contributed by atoms with van der Waals surface area (Å²) in [7, 11) is 0. The maximum Gasteiger partial charge on any atom is 0.232 e. The highest BCUT2D eigenvalue weighted by Gasteiger charge is 2.14. The fraction of sp³-hybridized carbons (Fsp3) is 0.211. The standard InChI is InChI=1S/C19H19N7S/c1-11-12(2)15(9-20)17(22-13(11)3)27-10-16-24-18(21)26-19(25-16)23-14-7-5-4-6-8-14/h4-8H,10H2,1-3H3,(H3,21,23,24,25,26). The molecule has 3 rings (SSSR count). The molecule has 0 radical (unpaired) electrons. The van der Waals surface area contributed by atoms with Crippen molar-refractivity contribution in [2.75, 3.05) is 11.1 Å². The van der Waals surface area contributed by atoms with Gasteiger partial charge in [-0.25, -0.2) is 4.98 Å². The Morgan fingerprint density at radius 3 is 2.48 bits per heavy atom. The zero-order valence-electron chi connectivity index (χ0n) is 15.3. The Kier molecular flexibility index (Phi) is 5.52. The molecule has 0 spiro atoms. The average Bonchev–Trinajstić information content (AvgIpc) is 2.65. The molecular formula is C19H19N7S. The molecular weight excluding hydrogens is 358 g/mol. The van der Waals surface area contributed by atoms with Gasteiger partial charge in [0.05, 0.1) is 11.3 Å². The lowest BCUT2D eigenvalue weighted by Gasteiger charge is -2.11. The number of aryl methyl sites for hydroxylation is 1. The third-order valence-corrected chi connectivity index (χ3v) is 5.11. The SMILES string of the molecule is Cc1nc(SCc2nc(N)nc(Nc3ccccc3)n2)c(C#N)c(C)c1C. The molecule has 0 aliphatic heterocycles. The minimum atomic E-state index is 0.142. The predicted octanol–water partition coefficient (Wildman–Crippen LogP) is 3.68. The molecule has 0 amide bonds. The van der Waals surface area contributed by atoms with E-state index >= 15 is 0 Å². The Balaban J connectivity index is 1.82. The van der Waals surface area contributed by atoms with Crippen molar-refractivity contribution in [2.24, 2.45) is 0 Å². The van der Waals surface area contributed by atoms with Crippen LogP contribution in [-0.4, -0.2) is 19.9 Å². The van der Waals surface area contributed by atoms with Gasteiger partial charge in [-0.2, -0.15) is 20.2 Å². The normalized spacial score (nSPS) is 10.4. The first kappa shape index (κ1) is 18.6. The number of nitrogens with one attached hydrogen (secondary N) is 1. The molecule has 0 unspecified atom stereocenters. The number of nitrogens with two attached hydrogens (primary N) is 1. The lowest BCUT2D eigenvalue weighted by Crippen LogP contribution is -2.07. The molecule has 3 aromatic rings. The number of nitrogens with zero attached hydrogens (tertiary/aromatic N) is 5. The monoisotopic (exact) mass is 377 g/mol. The topological polar surface area (TPSA) is 113 Å². The van der Waals surface area contributed by atoms with E-state index < -0.39 is 0 Å². The van der Waals surface area contributed by atoms with Gasteiger partial charge in [-0.3, -0.25) is 0 Å². The highest BCUT2D eigenvalue weighted by Crippen LogP contribution is 2.28. The van der Waals surface area contributed by atoms with E-state index in [4.69, 9.17) is 5.73 Å². The molecule has 2 heterocycles. The number of benzene rings is 1. The van der Waals surface area contributed by atoms with Crippen LogP contribution in [0.4, 0.5) is 17.6 Å². The van der Waals surface area contributed by atoms with Crippen LogP contribution in [0, 0.1) is 32.1 Å². The van der Waals surface area contributed by atoms with E-state index in [1.807, 2.05) is 51.1 Å². The number of rotatable bonds is 5. The molecule has 27 heavy (non-hydrogen) atoms. The van der Waals surface area contributed by atoms with Gasteiger partial charge in [-0.1, -0.05) is 30.0 Å². The van der Waals surface area contributed by atoms with Crippen LogP contribution in [0.5, 0.6) is 0 Å². The second-order valence-corrected chi connectivity index (χ2v) is 6.92. The Morgan fingerprint density at radius 1 is 1.04 bits per heavy atom. The molecule has 3 N–H and O–H groups in total. The maximum atomic E-state index is 9.49. The van der Waals surface area contributed by atoms with Gasteiger partial charge in [-0.15, -0.1) is 0 Å². The van der Waals surface area contributed by atoms with Crippen molar-refractivity contribution in [3.05, 3.63) is 58.5 Å². The number of nitriles is 1. The van der Waals surface area contributed by atoms with Crippen LogP contribution < -0.4 is 11.1 Å². The fourth-order valence-electron chi connectivity index (χ4n) is 2.49. The molecule has 136 valence electrons. The number of pyridine rings is 1. The second-order valence-electron chi connectivity index (χ2n) is 5.95. The first-order valence-corrected chi connectivity index (χ1v) is 9.29. The van der Waals surface area contributed by atoms with E-state index in [0.717, 1.165) is 22.5 Å². The van der Waals surface area contributed by atoms with Crippen LogP contribution in [0.15, 0.2) is 35.4 Å². The van der Waals surface area contributed by atoms with E-state index in [1.165, 1.54) is 11.8 Å². The van der Waals surface area contributed by atoms with Crippen LogP contribution in [0.3, 0.4) is 0 Å². The van der Waals surface area contributed by atoms with Crippen LogP contribution in [0.25, 0.3) is 0 Å². The largest absolute Gasteiger partial charge is 0.368 e. The zero-order chi connectivity index (χ0) is 19.4. The van der Waals surface area contributed by atoms with Crippen LogP contribution >= 0.6 is 11.8 Å². The van der Waals surface area contributed by atoms with Crippen molar-refractivity contribution < 1.29 is 0 Å². The quantitative estimate of drug-likeness (QED) is 0.647. The molecule has 0 aliphatic carbocycles. The van der Waals surface area contributed by atoms with Crippen molar-refractivity contribution in [3.63, 3.8) is 0 Å². The summed E-state index contributed by atoms with van der Waals surface area (Å²) >= 11 is 1.42. The third kappa shape index (κ3) is 4.33. The number of hydrogen-bond acceptors (Lipinski definition) is 8. The maximum absolute atomic E-state index is 9.49. The highest BCUT2D eigenvalue weighted by atomic mass is 32.2. The molecule has 0 bridgehead atoms. The zero-order valence-corrected chi connectivity index (χ0v) is 16.1. The van der Waals surface area contributed by atoms with Gasteiger partial charge < -0.3 is 11.1 Å². The van der Waals surface area contributed by atoms with E-state index in [9.17, 15) is 5.26 Å². The van der Waals surface area contributed by atoms with Crippen molar-refractivity contribution in [3.8, 4) is 6.07 Å². The van der Waals surface area contributed by atoms with Crippen molar-refractivity contribution in [1.82, 2.24) is 19.9 Å². The van der Waals surface area contributed by atoms with Gasteiger partial charge in [-0.05, 0) is 44.0 Å². The van der Waals surface area contributed by atoms with E-state index in [2.05, 4.69) is 31.3 Å². The van der Waals surface area contributed by atoms with Gasteiger partial charge in [0.25, 0.3) is 0 Å². The number of thioether (sulfide) groups is 1. The van der Waals surface area contributed by atoms with Crippen LogP contribution in [-0.2, 0) is 5.75 Å². The summed E-state index contributed by atoms with van der Waals surface area (Å²) in [6.45, 7) is 5.85. The summed E-state index contributed by atoms with van der Waals surface area (Å²) in [5, 5.41) is 13.3. The number of hydrogen-bond donors (Lipinski definition) is 2. The van der Waals surface area contributed by atoms with E-state index in [-0.39, 0.29) is 5.95 Å². The number of anilines is 3. The lowest BCUT2D eigenvalue weighted by atomic mass is 10.1. The Hall–Kier alpha value is -3.18. The minimum Gasteiger partial charge on any atom is -0.368 e. The Labute approximate surface area is 162 Å². The number of aromatic nitrogens is 4. The predicted molar refractivity (Wildman–Crippen MR) is 107 cm³/mol. The van der Waals surface area contributed by atoms with Gasteiger partial charge in [0.1, 0.15) is 16.9 Å². The summed E-state index contributed by atoms with van der Waals surface area (Å²) < 4.78 is 0. The van der Waals surface area contributed by atoms with E-state index in [1.54, 1.807) is 0 Å². The Morgan fingerprint density at radius 2 is 1.78 bits per heavy atom. The summed E-state index contributed by atoms with van der Waals surface area (Å²) in [5.41, 5.74) is 10.2. The molecule has 0 saturated heterocycles.